The molecule has 3 aromatic rings. The standard InChI is InChI=1S/C38H47F3N6O7S2/c1-22-28(53-6)13-12-26-30(22)43-31(33-42-29(21-55-33)38(39,40)41)44-32(26)54-25-14-18-47(27(19-25)23(2)48)35(50)46(5)17-10-8-7-9-11-24-20-37(24,4)34(49)45-56(51,52)36(3)15-16-36/h9,11-13,21,24-25,27H,7-8,10,14-20H2,1-6H3,(H,45,49)/b11-9-/t24-,25+,27+,37+/m1/s1. The Morgan fingerprint density at radius 1 is 1.14 bits per heavy atom. The number of halogens is 3. The molecular weight excluding hydrogens is 774 g/mol. The van der Waals surface area contributed by atoms with Gasteiger partial charge in [0.15, 0.2) is 22.3 Å². The molecule has 2 aliphatic carbocycles. The first kappa shape index (κ1) is 41.3. The van der Waals surface area contributed by atoms with Crippen molar-refractivity contribution in [3.8, 4) is 22.5 Å². The van der Waals surface area contributed by atoms with Gasteiger partial charge in [-0.15, -0.1) is 11.3 Å². The van der Waals surface area contributed by atoms with Crippen LogP contribution >= 0.6 is 11.3 Å². The third-order valence-electron chi connectivity index (χ3n) is 11.3. The van der Waals surface area contributed by atoms with E-state index in [-0.39, 0.29) is 47.4 Å². The number of nitrogens with zero attached hydrogens (tertiary/aromatic N) is 5. The normalized spacial score (nSPS) is 23.2. The number of alkyl halides is 3. The van der Waals surface area contributed by atoms with Crippen LogP contribution in [0.4, 0.5) is 18.0 Å². The van der Waals surface area contributed by atoms with E-state index in [1.807, 2.05) is 12.2 Å². The molecule has 1 N–H and O–H groups in total. The highest BCUT2D eigenvalue weighted by molar-refractivity contribution is 7.91. The minimum absolute atomic E-state index is 0.0309. The number of thiazole rings is 1. The number of carbonyl (C=O) groups is 3. The molecule has 1 aliphatic heterocycles. The van der Waals surface area contributed by atoms with Crippen molar-refractivity contribution in [3.63, 3.8) is 0 Å². The molecule has 0 bridgehead atoms. The zero-order valence-electron chi connectivity index (χ0n) is 32.2. The number of unbranched alkanes of at least 4 members (excludes halogenated alkanes) is 2. The lowest BCUT2D eigenvalue weighted by atomic mass is 9.96. The molecule has 3 heterocycles. The summed E-state index contributed by atoms with van der Waals surface area (Å²) in [6.07, 6.45) is 3.27. The van der Waals surface area contributed by atoms with E-state index >= 15 is 0 Å². The van der Waals surface area contributed by atoms with E-state index in [4.69, 9.17) is 9.47 Å². The average molecular weight is 821 g/mol. The summed E-state index contributed by atoms with van der Waals surface area (Å²) in [5.74, 6) is -0.0809. The van der Waals surface area contributed by atoms with Crippen molar-refractivity contribution in [1.29, 1.82) is 0 Å². The molecule has 13 nitrogen and oxygen atoms in total. The predicted molar refractivity (Wildman–Crippen MR) is 204 cm³/mol. The number of rotatable bonds is 14. The van der Waals surface area contributed by atoms with Crippen LogP contribution in [0.5, 0.6) is 11.6 Å². The molecule has 4 atom stereocenters. The van der Waals surface area contributed by atoms with E-state index in [1.165, 1.54) is 14.0 Å². The largest absolute Gasteiger partial charge is 0.496 e. The lowest BCUT2D eigenvalue weighted by Gasteiger charge is -2.39. The molecule has 18 heteroatoms. The van der Waals surface area contributed by atoms with E-state index in [1.54, 1.807) is 49.8 Å². The third kappa shape index (κ3) is 8.50. The van der Waals surface area contributed by atoms with Gasteiger partial charge in [-0.2, -0.15) is 18.2 Å². The highest BCUT2D eigenvalue weighted by Gasteiger charge is 2.58. The Hall–Kier alpha value is -4.32. The van der Waals surface area contributed by atoms with Crippen molar-refractivity contribution in [2.75, 3.05) is 27.2 Å². The number of urea groups is 1. The maximum absolute atomic E-state index is 13.6. The monoisotopic (exact) mass is 820 g/mol. The second kappa shape index (κ2) is 15.6. The Labute approximate surface area is 328 Å². The number of allylic oxidation sites excluding steroid dienone is 2. The molecule has 6 rings (SSSR count). The van der Waals surface area contributed by atoms with Crippen molar-refractivity contribution in [2.24, 2.45) is 11.3 Å². The number of aryl methyl sites for hydroxylation is 1. The number of hydrogen-bond donors (Lipinski definition) is 1. The number of sulfonamides is 1. The number of ether oxygens (including phenoxy) is 2. The second-order valence-electron chi connectivity index (χ2n) is 15.5. The number of likely N-dealkylation sites (tertiary alicyclic amines) is 1. The number of aromatic nitrogens is 3. The first-order valence-corrected chi connectivity index (χ1v) is 20.9. The molecule has 3 aliphatic rings. The van der Waals surface area contributed by atoms with Gasteiger partial charge in [0.2, 0.25) is 21.8 Å². The van der Waals surface area contributed by atoms with Crippen LogP contribution < -0.4 is 14.2 Å². The molecule has 1 saturated heterocycles. The summed E-state index contributed by atoms with van der Waals surface area (Å²) in [5, 5.41) is 1.39. The number of ketones is 1. The fourth-order valence-corrected chi connectivity index (χ4v) is 9.06. The van der Waals surface area contributed by atoms with Crippen LogP contribution in [0.1, 0.15) is 83.4 Å². The molecule has 0 spiro atoms. The van der Waals surface area contributed by atoms with Crippen LogP contribution in [0.15, 0.2) is 29.7 Å². The van der Waals surface area contributed by atoms with Crippen molar-refractivity contribution < 1.29 is 45.4 Å². The quantitative estimate of drug-likeness (QED) is 0.137. The maximum atomic E-state index is 13.6. The van der Waals surface area contributed by atoms with Gasteiger partial charge in [-0.25, -0.2) is 23.2 Å². The molecule has 3 fully saturated rings. The number of methoxy groups -OCH3 is 1. The number of piperidine rings is 1. The number of nitrogens with one attached hydrogen (secondary N) is 1. The number of Topliss-reactive ketones (excluding diaryl/α,β-unsaturated/α-hetero) is 1. The lowest BCUT2D eigenvalue weighted by Crippen LogP contribution is -2.55. The first-order valence-electron chi connectivity index (χ1n) is 18.6. The minimum atomic E-state index is -4.63. The smallest absolute Gasteiger partial charge is 0.434 e. The molecule has 0 unspecified atom stereocenters. The fourth-order valence-electron chi connectivity index (χ4n) is 6.94. The zero-order valence-corrected chi connectivity index (χ0v) is 33.9. The molecule has 1 aromatic carbocycles. The van der Waals surface area contributed by atoms with Gasteiger partial charge in [0.05, 0.1) is 34.2 Å². The van der Waals surface area contributed by atoms with Crippen LogP contribution in [-0.4, -0.2) is 95.0 Å². The summed E-state index contributed by atoms with van der Waals surface area (Å²) in [7, 11) is -0.486. The molecule has 56 heavy (non-hydrogen) atoms. The van der Waals surface area contributed by atoms with E-state index in [0.29, 0.717) is 60.9 Å². The Kier molecular flexibility index (Phi) is 11.5. The maximum Gasteiger partial charge on any atom is 0.434 e. The van der Waals surface area contributed by atoms with Crippen LogP contribution in [0, 0.1) is 18.3 Å². The highest BCUT2D eigenvalue weighted by atomic mass is 32.2. The summed E-state index contributed by atoms with van der Waals surface area (Å²) in [4.78, 5) is 55.1. The summed E-state index contributed by atoms with van der Waals surface area (Å²) < 4.78 is 78.4. The topological polar surface area (TPSA) is 161 Å². The molecule has 2 aromatic heterocycles. The summed E-state index contributed by atoms with van der Waals surface area (Å²) in [6.45, 7) is 7.32. The van der Waals surface area contributed by atoms with Crippen molar-refractivity contribution in [2.45, 2.75) is 102 Å². The van der Waals surface area contributed by atoms with E-state index in [0.717, 1.165) is 29.6 Å². The number of benzene rings is 1. The van der Waals surface area contributed by atoms with Gasteiger partial charge in [0.1, 0.15) is 11.9 Å². The van der Waals surface area contributed by atoms with Crippen LogP contribution in [0.25, 0.3) is 21.7 Å². The van der Waals surface area contributed by atoms with Crippen LogP contribution in [-0.2, 0) is 25.8 Å². The van der Waals surface area contributed by atoms with Gasteiger partial charge in [-0.05, 0) is 77.3 Å². The molecule has 2 saturated carbocycles. The second-order valence-corrected chi connectivity index (χ2v) is 18.6. The number of carbonyl (C=O) groups excluding carboxylic acids is 3. The summed E-state index contributed by atoms with van der Waals surface area (Å²) in [5.41, 5.74) is -0.729. The predicted octanol–water partition coefficient (Wildman–Crippen LogP) is 6.69. The van der Waals surface area contributed by atoms with Crippen molar-refractivity contribution >= 4 is 50.0 Å². The zero-order chi connectivity index (χ0) is 40.8. The van der Waals surface area contributed by atoms with Gasteiger partial charge >= 0.3 is 12.2 Å². The Bertz CT molecular complexity index is 2160. The number of hydrogen-bond acceptors (Lipinski definition) is 11. The van der Waals surface area contributed by atoms with Gasteiger partial charge < -0.3 is 19.3 Å². The lowest BCUT2D eigenvalue weighted by molar-refractivity contribution is -0.140. The molecular formula is C38H47F3N6O7S2. The molecule has 3 amide bonds. The molecule has 304 valence electrons. The van der Waals surface area contributed by atoms with Crippen molar-refractivity contribution in [1.82, 2.24) is 29.5 Å². The van der Waals surface area contributed by atoms with Gasteiger partial charge in [0.25, 0.3) is 0 Å². The number of fused-ring (bicyclic) bond motifs is 1. The Morgan fingerprint density at radius 2 is 1.88 bits per heavy atom. The van der Waals surface area contributed by atoms with E-state index in [2.05, 4.69) is 19.7 Å². The molecule has 0 radical (unpaired) electrons. The fraction of sp³-hybridized carbons (Fsp3) is 0.579. The Morgan fingerprint density at radius 3 is 2.52 bits per heavy atom. The average Bonchev–Trinajstić information content (AvgIpc) is 3.98. The van der Waals surface area contributed by atoms with E-state index in [9.17, 15) is 36.0 Å². The van der Waals surface area contributed by atoms with Gasteiger partial charge in [0, 0.05) is 43.9 Å². The van der Waals surface area contributed by atoms with Gasteiger partial charge in [-0.3, -0.25) is 14.3 Å². The van der Waals surface area contributed by atoms with Crippen LogP contribution in [0.3, 0.4) is 0 Å². The summed E-state index contributed by atoms with van der Waals surface area (Å²) in [6, 6.07) is 2.39. The highest BCUT2D eigenvalue weighted by Crippen LogP contribution is 2.54. The first-order chi connectivity index (χ1) is 26.3. The summed E-state index contributed by atoms with van der Waals surface area (Å²) >= 11 is 0.766. The van der Waals surface area contributed by atoms with Crippen molar-refractivity contribution in [3.05, 3.63) is 40.9 Å². The van der Waals surface area contributed by atoms with Crippen LogP contribution in [0.2, 0.25) is 0 Å². The van der Waals surface area contributed by atoms with Gasteiger partial charge in [-0.1, -0.05) is 19.1 Å². The SMILES string of the molecule is COc1ccc2c(O[C@H]3CCN(C(=O)N(C)CCCC/C=C\[C@@H]4C[C@]4(C)C(=O)NS(=O)(=O)C4(C)CC4)[C@H](C(C)=O)C3)nc(-c3nc(C(F)(F)F)cs3)nc2c1C. The minimum Gasteiger partial charge on any atom is -0.496 e. The third-order valence-corrected chi connectivity index (χ3v) is 14.2. The van der Waals surface area contributed by atoms with E-state index < -0.39 is 50.1 Å². The Balaban J connectivity index is 1.04. The number of amides is 3.